The summed E-state index contributed by atoms with van der Waals surface area (Å²) >= 11 is 2.55. The van der Waals surface area contributed by atoms with Crippen LogP contribution >= 0.6 is 23.5 Å². The van der Waals surface area contributed by atoms with Crippen molar-refractivity contribution in [1.29, 1.82) is 0 Å². The number of β-lactam (4-membered cyclic amide) rings is 1. The number of carbonyl (C=O) groups excluding carboxylic acids is 4. The van der Waals surface area contributed by atoms with Crippen molar-refractivity contribution in [3.8, 4) is 0 Å². The Labute approximate surface area is 262 Å². The fourth-order valence-electron chi connectivity index (χ4n) is 4.16. The number of carboxylic acids is 1. The number of aromatic nitrogens is 4. The molecule has 2 aromatic rings. The molecule has 0 bridgehead atoms. The first-order valence-electron chi connectivity index (χ1n) is 11.6. The van der Waals surface area contributed by atoms with Gasteiger partial charge in [-0.3, -0.25) is 14.5 Å². The van der Waals surface area contributed by atoms with Crippen LogP contribution in [0, 0.1) is 0 Å². The zero-order chi connectivity index (χ0) is 28.6. The number of benzene rings is 1. The number of hydrogen-bond donors (Lipinski definition) is 4. The molecule has 208 valence electrons. The van der Waals surface area contributed by atoms with Gasteiger partial charge in [0, 0.05) is 37.1 Å². The number of aliphatic carboxylic acids is 1. The smallest absolute Gasteiger partial charge is 0.477 e. The molecule has 1 saturated heterocycles. The van der Waals surface area contributed by atoms with E-state index in [1.54, 1.807) is 31.3 Å². The number of amides is 5. The average molecular weight is 609 g/mol. The number of carboxylic acid groups (broad SMARTS) is 1. The van der Waals surface area contributed by atoms with E-state index in [-0.39, 0.29) is 47.6 Å². The van der Waals surface area contributed by atoms with Gasteiger partial charge in [0.15, 0.2) is 5.91 Å². The maximum Gasteiger partial charge on any atom is 1.00 e. The van der Waals surface area contributed by atoms with Gasteiger partial charge < -0.3 is 41.0 Å². The standard InChI is InChI=1S/C22H21N10O6S2.Na/c1-30-22(27-28-29-30)40-8-11-7-39-19-15(18(35)32(19)16(11)20(36)37)25-17(34)14(10-2-4-12(23)5-3-10)26-21(38)31-6-13(33)24-9-31;/h2-5,14-15,19H,6-8,23H2,1H3,(H,25,34)(H,26,38)(H,36,37);/q-1;+1/t14-,15-,19-;/m1./s1. The Morgan fingerprint density at radius 2 is 2.00 bits per heavy atom. The second-order valence-electron chi connectivity index (χ2n) is 8.77. The maximum atomic E-state index is 13.4. The van der Waals surface area contributed by atoms with Crippen molar-refractivity contribution >= 4 is 65.3 Å². The van der Waals surface area contributed by atoms with Gasteiger partial charge in [0.05, 0.1) is 0 Å². The van der Waals surface area contributed by atoms with E-state index >= 15 is 0 Å². The predicted molar refractivity (Wildman–Crippen MR) is 140 cm³/mol. The third-order valence-electron chi connectivity index (χ3n) is 6.14. The molecule has 3 atom stereocenters. The molecule has 1 aromatic heterocycles. The predicted octanol–water partition coefficient (Wildman–Crippen LogP) is -4.17. The number of nitrogens with one attached hydrogen (secondary N) is 2. The Hall–Kier alpha value is -3.45. The largest absolute Gasteiger partial charge is 1.00 e. The summed E-state index contributed by atoms with van der Waals surface area (Å²) in [6.45, 7) is -0.325. The average Bonchev–Trinajstić information content (AvgIpc) is 3.56. The van der Waals surface area contributed by atoms with E-state index in [9.17, 15) is 29.1 Å². The number of nitrogen functional groups attached to an aromatic ring is 1. The zero-order valence-electron chi connectivity index (χ0n) is 21.7. The Morgan fingerprint density at radius 3 is 2.61 bits per heavy atom. The number of thioether (sulfide) groups is 2. The van der Waals surface area contributed by atoms with E-state index in [0.29, 0.717) is 27.7 Å². The third kappa shape index (κ3) is 6.25. The minimum atomic E-state index is -1.26. The SMILES string of the molecule is Cn1nnnc1SCC1=C(C(=O)O)N2C(=O)[C@@H](NC(=O)[C@H](NC(=O)N3[C-]=NC(=O)C3)c3ccc(N)cc3)[C@H]2SC1.[Na+]. The molecular formula is C22H21N10NaO6S2. The van der Waals surface area contributed by atoms with Gasteiger partial charge in [-0.25, -0.2) is 9.48 Å². The first-order valence-corrected chi connectivity index (χ1v) is 13.7. The molecule has 41 heavy (non-hydrogen) atoms. The number of carbonyl (C=O) groups is 5. The molecule has 5 amide bonds. The second-order valence-corrected chi connectivity index (χ2v) is 10.8. The van der Waals surface area contributed by atoms with E-state index < -0.39 is 47.2 Å². The summed E-state index contributed by atoms with van der Waals surface area (Å²) in [6, 6.07) is 3.08. The quantitative estimate of drug-likeness (QED) is 0.0738. The van der Waals surface area contributed by atoms with Crippen molar-refractivity contribution in [3.63, 3.8) is 0 Å². The Balaban J connectivity index is 0.00000387. The number of hydrogen-bond acceptors (Lipinski definition) is 11. The van der Waals surface area contributed by atoms with Crippen molar-refractivity contribution in [2.24, 2.45) is 12.0 Å². The molecule has 5 N–H and O–H groups in total. The first kappa shape index (κ1) is 30.5. The fourth-order valence-corrected chi connectivity index (χ4v) is 6.49. The summed E-state index contributed by atoms with van der Waals surface area (Å²) in [5.74, 6) is -2.58. The molecule has 0 saturated carbocycles. The van der Waals surface area contributed by atoms with Crippen LogP contribution in [0.15, 0.2) is 45.7 Å². The summed E-state index contributed by atoms with van der Waals surface area (Å²) in [6.07, 6.45) is 2.27. The van der Waals surface area contributed by atoms with Crippen LogP contribution in [-0.2, 0) is 26.2 Å². The second kappa shape index (κ2) is 12.6. The van der Waals surface area contributed by atoms with Gasteiger partial charge in [-0.05, 0) is 33.7 Å². The number of aliphatic imine (C=N–C) groups is 1. The molecule has 3 aliphatic heterocycles. The molecule has 1 aromatic carbocycles. The van der Waals surface area contributed by atoms with E-state index in [4.69, 9.17) is 5.73 Å². The van der Waals surface area contributed by atoms with Gasteiger partial charge in [0.2, 0.25) is 17.1 Å². The molecular weight excluding hydrogens is 587 g/mol. The summed E-state index contributed by atoms with van der Waals surface area (Å²) < 4.78 is 1.45. The van der Waals surface area contributed by atoms with Crippen LogP contribution in [0.25, 0.3) is 0 Å². The summed E-state index contributed by atoms with van der Waals surface area (Å²) in [4.78, 5) is 68.2. The molecule has 16 nitrogen and oxygen atoms in total. The van der Waals surface area contributed by atoms with E-state index in [1.165, 1.54) is 28.2 Å². The van der Waals surface area contributed by atoms with E-state index in [2.05, 4.69) is 37.5 Å². The van der Waals surface area contributed by atoms with Crippen LogP contribution in [0.2, 0.25) is 0 Å². The summed E-state index contributed by atoms with van der Waals surface area (Å²) in [5, 5.41) is 26.1. The van der Waals surface area contributed by atoms with Gasteiger partial charge in [0.25, 0.3) is 5.91 Å². The normalized spacial score (nSPS) is 20.2. The van der Waals surface area contributed by atoms with Crippen molar-refractivity contribution in [3.05, 3.63) is 41.1 Å². The number of nitrogens with zero attached hydrogens (tertiary/aromatic N) is 7. The Morgan fingerprint density at radius 1 is 1.27 bits per heavy atom. The molecule has 0 aliphatic carbocycles. The van der Waals surface area contributed by atoms with Crippen molar-refractivity contribution in [2.45, 2.75) is 22.6 Å². The number of rotatable bonds is 8. The Kier molecular flexibility index (Phi) is 9.37. The Bertz CT molecular complexity index is 1460. The van der Waals surface area contributed by atoms with Crippen molar-refractivity contribution in [1.82, 2.24) is 40.6 Å². The van der Waals surface area contributed by atoms with Gasteiger partial charge in [-0.15, -0.1) is 16.9 Å². The van der Waals surface area contributed by atoms with Gasteiger partial charge >= 0.3 is 35.5 Å². The number of aryl methyl sites for hydroxylation is 1. The van der Waals surface area contributed by atoms with Gasteiger partial charge in [-0.1, -0.05) is 23.9 Å². The number of tetrazole rings is 1. The molecule has 1 fully saturated rings. The van der Waals surface area contributed by atoms with Gasteiger partial charge in [0.1, 0.15) is 23.2 Å². The number of nitrogens with two attached hydrogens (primary N) is 1. The number of fused-ring (bicyclic) bond motifs is 1. The fraction of sp³-hybridized carbons (Fsp3) is 0.318. The minimum absolute atomic E-state index is 0. The molecule has 0 unspecified atom stereocenters. The molecule has 0 radical (unpaired) electrons. The summed E-state index contributed by atoms with van der Waals surface area (Å²) in [7, 11) is 1.66. The van der Waals surface area contributed by atoms with E-state index in [0.717, 1.165) is 9.80 Å². The molecule has 0 spiro atoms. The van der Waals surface area contributed by atoms with Crippen molar-refractivity contribution in [2.75, 3.05) is 23.8 Å². The van der Waals surface area contributed by atoms with Crippen LogP contribution in [-0.4, -0.2) is 101 Å². The monoisotopic (exact) mass is 608 g/mol. The van der Waals surface area contributed by atoms with Crippen molar-refractivity contribution < 1.29 is 58.6 Å². The molecule has 4 heterocycles. The van der Waals surface area contributed by atoms with Crippen LogP contribution in [0.5, 0.6) is 0 Å². The first-order chi connectivity index (χ1) is 19.1. The zero-order valence-corrected chi connectivity index (χ0v) is 25.3. The molecule has 3 aliphatic rings. The minimum Gasteiger partial charge on any atom is -0.477 e. The van der Waals surface area contributed by atoms with Gasteiger partial charge in [-0.2, -0.15) is 0 Å². The molecule has 5 rings (SSSR count). The number of urea groups is 1. The van der Waals surface area contributed by atoms with Crippen LogP contribution < -0.4 is 45.9 Å². The third-order valence-corrected chi connectivity index (χ3v) is 8.57. The van der Waals surface area contributed by atoms with Crippen LogP contribution in [0.4, 0.5) is 10.5 Å². The topological polar surface area (TPSA) is 218 Å². The van der Waals surface area contributed by atoms with Crippen LogP contribution in [0.1, 0.15) is 11.6 Å². The van der Waals surface area contributed by atoms with E-state index in [1.807, 2.05) is 0 Å². The molecule has 19 heteroatoms. The summed E-state index contributed by atoms with van der Waals surface area (Å²) in [5.41, 5.74) is 6.93. The maximum absolute atomic E-state index is 13.4. The van der Waals surface area contributed by atoms with Crippen LogP contribution in [0.3, 0.4) is 0 Å². The number of anilines is 1.